The lowest BCUT2D eigenvalue weighted by Gasteiger charge is -2.05. The van der Waals surface area contributed by atoms with E-state index in [0.29, 0.717) is 5.92 Å². The van der Waals surface area contributed by atoms with E-state index in [9.17, 15) is 4.79 Å². The van der Waals surface area contributed by atoms with Gasteiger partial charge in [-0.2, -0.15) is 0 Å². The highest BCUT2D eigenvalue weighted by Gasteiger charge is 2.43. The first-order valence-corrected chi connectivity index (χ1v) is 9.46. The SMILES string of the molecule is O=C(Nc1ccc2nc(-c3cscn3)[nH]c2c1)C1CC1c1ccccc1. The number of carbonyl (C=O) groups is 1. The Balaban J connectivity index is 1.33. The Morgan fingerprint density at radius 1 is 1.19 bits per heavy atom. The highest BCUT2D eigenvalue weighted by atomic mass is 32.1. The molecule has 0 bridgehead atoms. The van der Waals surface area contributed by atoms with Gasteiger partial charge in [-0.3, -0.25) is 4.79 Å². The summed E-state index contributed by atoms with van der Waals surface area (Å²) in [5.74, 6) is 1.22. The van der Waals surface area contributed by atoms with Gasteiger partial charge < -0.3 is 10.3 Å². The van der Waals surface area contributed by atoms with Crippen molar-refractivity contribution < 1.29 is 4.79 Å². The maximum absolute atomic E-state index is 12.5. The maximum atomic E-state index is 12.5. The van der Waals surface area contributed by atoms with Gasteiger partial charge in [-0.05, 0) is 36.1 Å². The van der Waals surface area contributed by atoms with E-state index in [1.54, 1.807) is 5.51 Å². The van der Waals surface area contributed by atoms with Crippen LogP contribution in [0.5, 0.6) is 0 Å². The number of thiazole rings is 1. The monoisotopic (exact) mass is 360 g/mol. The van der Waals surface area contributed by atoms with Gasteiger partial charge in [0.2, 0.25) is 5.91 Å². The molecule has 2 aromatic heterocycles. The third-order valence-corrected chi connectivity index (χ3v) is 5.37. The van der Waals surface area contributed by atoms with Crippen LogP contribution in [0, 0.1) is 5.92 Å². The number of nitrogens with zero attached hydrogens (tertiary/aromatic N) is 2. The van der Waals surface area contributed by atoms with E-state index in [0.717, 1.165) is 34.7 Å². The standard InChI is InChI=1S/C20H16N4OS/c25-20(15-9-14(15)12-4-2-1-3-5-12)22-13-6-7-16-17(8-13)24-19(23-16)18-10-26-11-21-18/h1-8,10-11,14-15H,9H2,(H,22,25)(H,23,24). The second-order valence-electron chi connectivity index (χ2n) is 6.54. The van der Waals surface area contributed by atoms with Crippen molar-refractivity contribution >= 4 is 34.0 Å². The molecule has 0 aliphatic heterocycles. The second-order valence-corrected chi connectivity index (χ2v) is 7.26. The molecule has 1 aliphatic rings. The predicted molar refractivity (Wildman–Crippen MR) is 103 cm³/mol. The second kappa shape index (κ2) is 6.07. The minimum Gasteiger partial charge on any atom is -0.337 e. The summed E-state index contributed by atoms with van der Waals surface area (Å²) in [5.41, 5.74) is 6.40. The third kappa shape index (κ3) is 2.78. The number of aromatic amines is 1. The normalized spacial score (nSPS) is 18.8. The van der Waals surface area contributed by atoms with Crippen molar-refractivity contribution in [2.75, 3.05) is 5.32 Å². The van der Waals surface area contributed by atoms with Crippen molar-refractivity contribution in [1.82, 2.24) is 15.0 Å². The van der Waals surface area contributed by atoms with E-state index in [1.165, 1.54) is 16.9 Å². The van der Waals surface area contributed by atoms with Gasteiger partial charge in [-0.25, -0.2) is 9.97 Å². The van der Waals surface area contributed by atoms with Gasteiger partial charge in [0.1, 0.15) is 5.69 Å². The van der Waals surface area contributed by atoms with E-state index >= 15 is 0 Å². The lowest BCUT2D eigenvalue weighted by molar-refractivity contribution is -0.117. The summed E-state index contributed by atoms with van der Waals surface area (Å²) < 4.78 is 0. The van der Waals surface area contributed by atoms with Crippen LogP contribution in [0.15, 0.2) is 59.4 Å². The number of fused-ring (bicyclic) bond motifs is 1. The molecule has 2 heterocycles. The quantitative estimate of drug-likeness (QED) is 0.566. The minimum absolute atomic E-state index is 0.0560. The molecule has 1 amide bonds. The molecule has 0 radical (unpaired) electrons. The summed E-state index contributed by atoms with van der Waals surface area (Å²) in [4.78, 5) is 24.6. The zero-order valence-electron chi connectivity index (χ0n) is 13.8. The van der Waals surface area contributed by atoms with Gasteiger partial charge in [0.15, 0.2) is 5.82 Å². The summed E-state index contributed by atoms with van der Waals surface area (Å²) >= 11 is 1.54. The molecule has 2 unspecified atom stereocenters. The van der Waals surface area contributed by atoms with Gasteiger partial charge in [-0.15, -0.1) is 11.3 Å². The number of hydrogen-bond donors (Lipinski definition) is 2. The van der Waals surface area contributed by atoms with Crippen molar-refractivity contribution in [1.29, 1.82) is 0 Å². The van der Waals surface area contributed by atoms with Gasteiger partial charge in [0.05, 0.1) is 16.5 Å². The fourth-order valence-corrected chi connectivity index (χ4v) is 3.86. The Morgan fingerprint density at radius 3 is 2.88 bits per heavy atom. The summed E-state index contributed by atoms with van der Waals surface area (Å²) in [6, 6.07) is 16.0. The topological polar surface area (TPSA) is 70.7 Å². The molecule has 2 atom stereocenters. The number of amides is 1. The predicted octanol–water partition coefficient (Wildman–Crippen LogP) is 4.43. The fourth-order valence-electron chi connectivity index (χ4n) is 3.33. The molecular formula is C20H16N4OS. The number of hydrogen-bond acceptors (Lipinski definition) is 4. The molecule has 2 aromatic carbocycles. The molecule has 4 aromatic rings. The summed E-state index contributed by atoms with van der Waals surface area (Å²) in [6.07, 6.45) is 0.913. The molecule has 1 aliphatic carbocycles. The summed E-state index contributed by atoms with van der Waals surface area (Å²) in [7, 11) is 0. The van der Waals surface area contributed by atoms with Crippen molar-refractivity contribution in [3.63, 3.8) is 0 Å². The van der Waals surface area contributed by atoms with E-state index in [-0.39, 0.29) is 11.8 Å². The molecule has 1 saturated carbocycles. The summed E-state index contributed by atoms with van der Waals surface area (Å²) in [6.45, 7) is 0. The lowest BCUT2D eigenvalue weighted by Crippen LogP contribution is -2.14. The maximum Gasteiger partial charge on any atom is 0.228 e. The Kier molecular flexibility index (Phi) is 3.57. The van der Waals surface area contributed by atoms with Crippen LogP contribution in [0.3, 0.4) is 0 Å². The largest absolute Gasteiger partial charge is 0.337 e. The number of anilines is 1. The zero-order chi connectivity index (χ0) is 17.5. The number of aromatic nitrogens is 3. The highest BCUT2D eigenvalue weighted by molar-refractivity contribution is 7.07. The van der Waals surface area contributed by atoms with Crippen molar-refractivity contribution in [3.8, 4) is 11.5 Å². The van der Waals surface area contributed by atoms with Crippen molar-refractivity contribution in [3.05, 3.63) is 65.0 Å². The number of imidazole rings is 1. The Hall–Kier alpha value is -2.99. The van der Waals surface area contributed by atoms with E-state index in [4.69, 9.17) is 0 Å². The fraction of sp³-hybridized carbons (Fsp3) is 0.150. The van der Waals surface area contributed by atoms with Crippen LogP contribution < -0.4 is 5.32 Å². The first-order chi connectivity index (χ1) is 12.8. The molecule has 128 valence electrons. The van der Waals surface area contributed by atoms with E-state index in [2.05, 4.69) is 32.4 Å². The summed E-state index contributed by atoms with van der Waals surface area (Å²) in [5, 5.41) is 5.00. The average molecular weight is 360 g/mol. The first-order valence-electron chi connectivity index (χ1n) is 8.52. The van der Waals surface area contributed by atoms with E-state index < -0.39 is 0 Å². The van der Waals surface area contributed by atoms with E-state index in [1.807, 2.05) is 41.8 Å². The Bertz CT molecular complexity index is 1070. The van der Waals surface area contributed by atoms with Gasteiger partial charge in [0.25, 0.3) is 0 Å². The number of H-pyrrole nitrogens is 1. The van der Waals surface area contributed by atoms with Gasteiger partial charge >= 0.3 is 0 Å². The molecule has 1 fully saturated rings. The number of benzene rings is 2. The smallest absolute Gasteiger partial charge is 0.228 e. The highest BCUT2D eigenvalue weighted by Crippen LogP contribution is 2.47. The van der Waals surface area contributed by atoms with Crippen LogP contribution in [-0.4, -0.2) is 20.9 Å². The van der Waals surface area contributed by atoms with Crippen molar-refractivity contribution in [2.45, 2.75) is 12.3 Å². The number of rotatable bonds is 4. The molecule has 2 N–H and O–H groups in total. The molecule has 0 spiro atoms. The molecule has 0 saturated heterocycles. The Labute approximate surface area is 154 Å². The van der Waals surface area contributed by atoms with Crippen LogP contribution in [0.2, 0.25) is 0 Å². The van der Waals surface area contributed by atoms with Crippen LogP contribution in [0.25, 0.3) is 22.6 Å². The molecule has 5 rings (SSSR count). The van der Waals surface area contributed by atoms with Crippen LogP contribution in [0.1, 0.15) is 17.9 Å². The van der Waals surface area contributed by atoms with Crippen LogP contribution in [-0.2, 0) is 4.79 Å². The van der Waals surface area contributed by atoms with Gasteiger partial charge in [-0.1, -0.05) is 30.3 Å². The van der Waals surface area contributed by atoms with Crippen molar-refractivity contribution in [2.24, 2.45) is 5.92 Å². The van der Waals surface area contributed by atoms with Crippen LogP contribution in [0.4, 0.5) is 5.69 Å². The number of nitrogens with one attached hydrogen (secondary N) is 2. The third-order valence-electron chi connectivity index (χ3n) is 4.78. The minimum atomic E-state index is 0.0560. The number of carbonyl (C=O) groups excluding carboxylic acids is 1. The first kappa shape index (κ1) is 15.3. The molecular weight excluding hydrogens is 344 g/mol. The zero-order valence-corrected chi connectivity index (χ0v) is 14.7. The molecule has 6 heteroatoms. The average Bonchev–Trinajstić information content (AvgIpc) is 3.08. The molecule has 5 nitrogen and oxygen atoms in total. The van der Waals surface area contributed by atoms with Crippen LogP contribution >= 0.6 is 11.3 Å². The lowest BCUT2D eigenvalue weighted by atomic mass is 10.1. The molecule has 26 heavy (non-hydrogen) atoms. The Morgan fingerprint density at radius 2 is 2.08 bits per heavy atom. The van der Waals surface area contributed by atoms with Gasteiger partial charge in [0, 0.05) is 17.0 Å².